The van der Waals surface area contributed by atoms with Crippen LogP contribution in [0.3, 0.4) is 0 Å². The maximum Gasteiger partial charge on any atom is 0.239 e. The number of amides is 1. The minimum Gasteiger partial charge on any atom is -0.354 e. The summed E-state index contributed by atoms with van der Waals surface area (Å²) in [6, 6.07) is 0. The predicted molar refractivity (Wildman–Crippen MR) is 78.2 cm³/mol. The highest BCUT2D eigenvalue weighted by Crippen LogP contribution is 2.15. The van der Waals surface area contributed by atoms with Crippen molar-refractivity contribution in [2.24, 2.45) is 0 Å². The molecule has 2 rings (SSSR count). The quantitative estimate of drug-likeness (QED) is 0.765. The van der Waals surface area contributed by atoms with E-state index in [0.717, 1.165) is 13.0 Å². The van der Waals surface area contributed by atoms with E-state index < -0.39 is 0 Å². The van der Waals surface area contributed by atoms with Gasteiger partial charge in [-0.1, -0.05) is 6.92 Å². The van der Waals surface area contributed by atoms with Crippen molar-refractivity contribution in [2.45, 2.75) is 13.3 Å². The number of hydrogen-bond donors (Lipinski definition) is 2. The zero-order valence-electron chi connectivity index (χ0n) is 12.2. The molecule has 0 unspecified atom stereocenters. The Kier molecular flexibility index (Phi) is 4.54. The van der Waals surface area contributed by atoms with Gasteiger partial charge in [-0.05, 0) is 6.42 Å². The van der Waals surface area contributed by atoms with Gasteiger partial charge in [0, 0.05) is 33.7 Å². The third-order valence-corrected chi connectivity index (χ3v) is 2.87. The van der Waals surface area contributed by atoms with E-state index >= 15 is 0 Å². The molecule has 8 nitrogen and oxygen atoms in total. The molecule has 0 aliphatic carbocycles. The molecule has 1 saturated heterocycles. The lowest BCUT2D eigenvalue weighted by molar-refractivity contribution is -0.120. The zero-order valence-corrected chi connectivity index (χ0v) is 12.2. The van der Waals surface area contributed by atoms with Crippen LogP contribution in [0, 0.1) is 0 Å². The first-order chi connectivity index (χ1) is 9.60. The van der Waals surface area contributed by atoms with E-state index in [-0.39, 0.29) is 12.5 Å². The van der Waals surface area contributed by atoms with E-state index in [9.17, 15) is 4.79 Å². The minimum absolute atomic E-state index is 0.00821. The molecule has 20 heavy (non-hydrogen) atoms. The normalized spacial score (nSPS) is 14.9. The fourth-order valence-corrected chi connectivity index (χ4v) is 1.82. The Balaban J connectivity index is 2.25. The van der Waals surface area contributed by atoms with Crippen molar-refractivity contribution in [1.82, 2.24) is 20.3 Å². The molecule has 1 amide bonds. The van der Waals surface area contributed by atoms with Crippen molar-refractivity contribution in [2.75, 3.05) is 55.4 Å². The van der Waals surface area contributed by atoms with Crippen LogP contribution in [0.1, 0.15) is 13.3 Å². The summed E-state index contributed by atoms with van der Waals surface area (Å²) >= 11 is 0. The SMILES string of the molecule is CCCNc1nc(N(C)C)nc(N2CCNC(=O)C2)n1. The van der Waals surface area contributed by atoms with E-state index in [1.54, 1.807) is 0 Å². The Labute approximate surface area is 118 Å². The molecule has 0 aromatic carbocycles. The average molecular weight is 279 g/mol. The van der Waals surface area contributed by atoms with E-state index in [0.29, 0.717) is 30.9 Å². The summed E-state index contributed by atoms with van der Waals surface area (Å²) in [7, 11) is 3.76. The Bertz CT molecular complexity index is 477. The standard InChI is InChI=1S/C12H21N7O/c1-4-5-14-10-15-11(18(2)3)17-12(16-10)19-7-6-13-9(20)8-19/h4-8H2,1-3H3,(H,13,20)(H,14,15,16,17). The van der Waals surface area contributed by atoms with Crippen LogP contribution in [0.25, 0.3) is 0 Å². The summed E-state index contributed by atoms with van der Waals surface area (Å²) in [6.45, 7) is 4.48. The lowest BCUT2D eigenvalue weighted by Crippen LogP contribution is -2.48. The van der Waals surface area contributed by atoms with Crippen molar-refractivity contribution in [3.05, 3.63) is 0 Å². The highest BCUT2D eigenvalue weighted by atomic mass is 16.2. The number of carbonyl (C=O) groups excluding carboxylic acids is 1. The Morgan fingerprint density at radius 1 is 1.35 bits per heavy atom. The summed E-state index contributed by atoms with van der Waals surface area (Å²) in [6.07, 6.45) is 0.991. The van der Waals surface area contributed by atoms with Gasteiger partial charge in [-0.3, -0.25) is 4.79 Å². The lowest BCUT2D eigenvalue weighted by atomic mass is 10.4. The highest BCUT2D eigenvalue weighted by molar-refractivity contribution is 5.82. The molecule has 1 fully saturated rings. The van der Waals surface area contributed by atoms with Gasteiger partial charge in [-0.15, -0.1) is 0 Å². The number of rotatable bonds is 5. The monoisotopic (exact) mass is 279 g/mol. The van der Waals surface area contributed by atoms with Gasteiger partial charge in [0.15, 0.2) is 0 Å². The van der Waals surface area contributed by atoms with Gasteiger partial charge >= 0.3 is 0 Å². The van der Waals surface area contributed by atoms with Gasteiger partial charge in [-0.2, -0.15) is 15.0 Å². The van der Waals surface area contributed by atoms with E-state index in [1.165, 1.54) is 0 Å². The number of hydrogen-bond acceptors (Lipinski definition) is 7. The molecule has 0 atom stereocenters. The van der Waals surface area contributed by atoms with Crippen molar-refractivity contribution in [1.29, 1.82) is 0 Å². The second kappa shape index (κ2) is 6.36. The Morgan fingerprint density at radius 2 is 2.15 bits per heavy atom. The van der Waals surface area contributed by atoms with Crippen LogP contribution in [0.4, 0.5) is 17.8 Å². The molecule has 8 heteroatoms. The number of piperazine rings is 1. The molecule has 0 spiro atoms. The Morgan fingerprint density at radius 3 is 2.80 bits per heavy atom. The molecule has 0 saturated carbocycles. The number of nitrogens with zero attached hydrogens (tertiary/aromatic N) is 5. The van der Waals surface area contributed by atoms with Crippen LogP contribution in [-0.2, 0) is 4.79 Å². The van der Waals surface area contributed by atoms with Crippen LogP contribution in [0.15, 0.2) is 0 Å². The summed E-state index contributed by atoms with van der Waals surface area (Å²) in [5.74, 6) is 1.66. The summed E-state index contributed by atoms with van der Waals surface area (Å²) in [5.41, 5.74) is 0. The van der Waals surface area contributed by atoms with Crippen molar-refractivity contribution in [3.63, 3.8) is 0 Å². The Hall–Kier alpha value is -2.12. The molecule has 1 aromatic rings. The molecule has 1 aliphatic rings. The second-order valence-corrected chi connectivity index (χ2v) is 4.85. The average Bonchev–Trinajstić information content (AvgIpc) is 2.44. The first-order valence-corrected chi connectivity index (χ1v) is 6.79. The molecular formula is C12H21N7O. The van der Waals surface area contributed by atoms with Gasteiger partial charge in [0.1, 0.15) is 0 Å². The van der Waals surface area contributed by atoms with Crippen molar-refractivity contribution in [3.8, 4) is 0 Å². The topological polar surface area (TPSA) is 86.3 Å². The van der Waals surface area contributed by atoms with Crippen LogP contribution >= 0.6 is 0 Å². The highest BCUT2D eigenvalue weighted by Gasteiger charge is 2.20. The molecule has 110 valence electrons. The van der Waals surface area contributed by atoms with Gasteiger partial charge in [0.05, 0.1) is 6.54 Å². The molecule has 2 heterocycles. The van der Waals surface area contributed by atoms with Gasteiger partial charge in [0.25, 0.3) is 0 Å². The first-order valence-electron chi connectivity index (χ1n) is 6.79. The fraction of sp³-hybridized carbons (Fsp3) is 0.667. The zero-order chi connectivity index (χ0) is 14.5. The molecule has 2 N–H and O–H groups in total. The summed E-state index contributed by atoms with van der Waals surface area (Å²) in [4.78, 5) is 28.3. The smallest absolute Gasteiger partial charge is 0.239 e. The maximum atomic E-state index is 11.5. The number of aromatic nitrogens is 3. The van der Waals surface area contributed by atoms with Crippen LogP contribution < -0.4 is 20.4 Å². The third kappa shape index (κ3) is 3.46. The van der Waals surface area contributed by atoms with Crippen LogP contribution in [0.2, 0.25) is 0 Å². The molecule has 0 radical (unpaired) electrons. The number of carbonyl (C=O) groups is 1. The lowest BCUT2D eigenvalue weighted by Gasteiger charge is -2.27. The summed E-state index contributed by atoms with van der Waals surface area (Å²) in [5, 5.41) is 5.95. The molecule has 1 aromatic heterocycles. The fourth-order valence-electron chi connectivity index (χ4n) is 1.82. The van der Waals surface area contributed by atoms with Crippen LogP contribution in [-0.4, -0.2) is 61.1 Å². The largest absolute Gasteiger partial charge is 0.354 e. The van der Waals surface area contributed by atoms with Crippen molar-refractivity contribution >= 4 is 23.8 Å². The molecule has 0 bridgehead atoms. The molecular weight excluding hydrogens is 258 g/mol. The van der Waals surface area contributed by atoms with Gasteiger partial charge < -0.3 is 20.4 Å². The number of anilines is 3. The van der Waals surface area contributed by atoms with E-state index in [4.69, 9.17) is 0 Å². The van der Waals surface area contributed by atoms with E-state index in [2.05, 4.69) is 32.5 Å². The first kappa shape index (κ1) is 14.3. The molecule has 1 aliphatic heterocycles. The van der Waals surface area contributed by atoms with Crippen molar-refractivity contribution < 1.29 is 4.79 Å². The predicted octanol–water partition coefficient (Wildman–Crippen LogP) is -0.304. The summed E-state index contributed by atoms with van der Waals surface area (Å²) < 4.78 is 0. The van der Waals surface area contributed by atoms with Crippen LogP contribution in [0.5, 0.6) is 0 Å². The maximum absolute atomic E-state index is 11.5. The van der Waals surface area contributed by atoms with Gasteiger partial charge in [0.2, 0.25) is 23.8 Å². The third-order valence-electron chi connectivity index (χ3n) is 2.87. The van der Waals surface area contributed by atoms with Gasteiger partial charge in [-0.25, -0.2) is 0 Å². The minimum atomic E-state index is -0.00821. The van der Waals surface area contributed by atoms with E-state index in [1.807, 2.05) is 23.9 Å². The second-order valence-electron chi connectivity index (χ2n) is 4.85. The number of nitrogens with one attached hydrogen (secondary N) is 2.